The van der Waals surface area contributed by atoms with E-state index in [1.54, 1.807) is 12.1 Å². The first-order chi connectivity index (χ1) is 7.81. The molecule has 0 heterocycles. The van der Waals surface area contributed by atoms with Gasteiger partial charge < -0.3 is 5.73 Å². The molecule has 0 radical (unpaired) electrons. The minimum Gasteiger partial charge on any atom is -0.327 e. The molecule has 0 aliphatic rings. The third kappa shape index (κ3) is 2.28. The highest BCUT2D eigenvalue weighted by atomic mass is 19.1. The van der Waals surface area contributed by atoms with Gasteiger partial charge >= 0.3 is 0 Å². The summed E-state index contributed by atoms with van der Waals surface area (Å²) in [5, 5.41) is 0. The molecule has 2 aromatic rings. The Hall–Kier alpha value is -1.67. The topological polar surface area (TPSA) is 26.0 Å². The molecule has 2 N–H and O–H groups in total. The Bertz CT molecular complexity index is 436. The lowest BCUT2D eigenvalue weighted by atomic mass is 10.0. The van der Waals surface area contributed by atoms with E-state index in [0.29, 0.717) is 5.56 Å². The van der Waals surface area contributed by atoms with Crippen LogP contribution in [0.3, 0.4) is 0 Å². The van der Waals surface area contributed by atoms with Crippen molar-refractivity contribution in [1.29, 1.82) is 0 Å². The number of halogens is 1. The number of rotatable bonds is 3. The Morgan fingerprint density at radius 1 is 0.875 bits per heavy atom. The molecular weight excluding hydrogens is 201 g/mol. The molecule has 0 saturated heterocycles. The fourth-order valence-electron chi connectivity index (χ4n) is 1.65. The first kappa shape index (κ1) is 10.8. The minimum atomic E-state index is -1.06. The normalized spacial score (nSPS) is 12.4. The molecule has 16 heavy (non-hydrogen) atoms. The van der Waals surface area contributed by atoms with Crippen LogP contribution in [-0.2, 0) is 0 Å². The molecule has 1 unspecified atom stereocenters. The van der Waals surface area contributed by atoms with E-state index in [2.05, 4.69) is 0 Å². The van der Waals surface area contributed by atoms with Crippen LogP contribution in [0.5, 0.6) is 0 Å². The van der Waals surface area contributed by atoms with Gasteiger partial charge in [-0.3, -0.25) is 0 Å². The van der Waals surface area contributed by atoms with Crippen LogP contribution in [0.25, 0.3) is 11.1 Å². The van der Waals surface area contributed by atoms with Crippen molar-refractivity contribution >= 4 is 0 Å². The summed E-state index contributed by atoms with van der Waals surface area (Å²) in [6.45, 7) is 0.0324. The van der Waals surface area contributed by atoms with Crippen molar-refractivity contribution in [2.45, 2.75) is 6.17 Å². The summed E-state index contributed by atoms with van der Waals surface area (Å²) in [4.78, 5) is 0. The Morgan fingerprint density at radius 3 is 2.00 bits per heavy atom. The monoisotopic (exact) mass is 215 g/mol. The van der Waals surface area contributed by atoms with Crippen LogP contribution < -0.4 is 5.73 Å². The van der Waals surface area contributed by atoms with E-state index in [4.69, 9.17) is 5.73 Å². The molecule has 2 rings (SSSR count). The maximum Gasteiger partial charge on any atom is 0.137 e. The van der Waals surface area contributed by atoms with Crippen molar-refractivity contribution in [1.82, 2.24) is 0 Å². The van der Waals surface area contributed by atoms with Gasteiger partial charge in [0.05, 0.1) is 0 Å². The molecule has 2 aromatic carbocycles. The summed E-state index contributed by atoms with van der Waals surface area (Å²) in [7, 11) is 0. The molecule has 82 valence electrons. The van der Waals surface area contributed by atoms with Crippen molar-refractivity contribution in [3.63, 3.8) is 0 Å². The average Bonchev–Trinajstić information content (AvgIpc) is 2.39. The van der Waals surface area contributed by atoms with E-state index in [1.165, 1.54) is 0 Å². The third-order valence-electron chi connectivity index (χ3n) is 2.59. The maximum absolute atomic E-state index is 13.3. The summed E-state index contributed by atoms with van der Waals surface area (Å²) < 4.78 is 13.3. The van der Waals surface area contributed by atoms with Gasteiger partial charge in [0.25, 0.3) is 0 Å². The molecule has 0 amide bonds. The second-order valence-electron chi connectivity index (χ2n) is 3.69. The molecular formula is C14H14FN. The van der Waals surface area contributed by atoms with E-state index in [0.717, 1.165) is 11.1 Å². The van der Waals surface area contributed by atoms with Crippen LogP contribution in [0.1, 0.15) is 11.7 Å². The number of alkyl halides is 1. The van der Waals surface area contributed by atoms with Gasteiger partial charge in [0.15, 0.2) is 0 Å². The van der Waals surface area contributed by atoms with Crippen LogP contribution in [0.2, 0.25) is 0 Å². The van der Waals surface area contributed by atoms with Gasteiger partial charge in [-0.15, -0.1) is 0 Å². The molecule has 0 spiro atoms. The largest absolute Gasteiger partial charge is 0.327 e. The summed E-state index contributed by atoms with van der Waals surface area (Å²) >= 11 is 0. The van der Waals surface area contributed by atoms with Gasteiger partial charge in [0.1, 0.15) is 6.17 Å². The average molecular weight is 215 g/mol. The fraction of sp³-hybridized carbons (Fsp3) is 0.143. The lowest BCUT2D eigenvalue weighted by Crippen LogP contribution is -2.07. The first-order valence-electron chi connectivity index (χ1n) is 5.31. The quantitative estimate of drug-likeness (QED) is 0.835. The first-order valence-corrected chi connectivity index (χ1v) is 5.31. The number of nitrogens with two attached hydrogens (primary N) is 1. The summed E-state index contributed by atoms with van der Waals surface area (Å²) in [5.74, 6) is 0. The predicted molar refractivity (Wildman–Crippen MR) is 64.8 cm³/mol. The molecule has 0 aliphatic heterocycles. The zero-order valence-electron chi connectivity index (χ0n) is 8.94. The molecule has 0 saturated carbocycles. The van der Waals surface area contributed by atoms with Gasteiger partial charge in [-0.05, 0) is 16.7 Å². The third-order valence-corrected chi connectivity index (χ3v) is 2.59. The van der Waals surface area contributed by atoms with Gasteiger partial charge in [0, 0.05) is 6.54 Å². The molecule has 0 fully saturated rings. The smallest absolute Gasteiger partial charge is 0.137 e. The van der Waals surface area contributed by atoms with Crippen molar-refractivity contribution < 1.29 is 4.39 Å². The highest BCUT2D eigenvalue weighted by Gasteiger charge is 2.06. The van der Waals surface area contributed by atoms with Gasteiger partial charge in [0.2, 0.25) is 0 Å². The molecule has 0 bridgehead atoms. The Labute approximate surface area is 94.7 Å². The molecule has 0 aromatic heterocycles. The summed E-state index contributed by atoms with van der Waals surface area (Å²) in [6, 6.07) is 17.4. The van der Waals surface area contributed by atoms with Crippen molar-refractivity contribution in [2.75, 3.05) is 6.54 Å². The number of benzene rings is 2. The van der Waals surface area contributed by atoms with Crippen LogP contribution in [-0.4, -0.2) is 6.54 Å². The summed E-state index contributed by atoms with van der Waals surface area (Å²) in [6.07, 6.45) is -1.06. The Kier molecular flexibility index (Phi) is 3.32. The second-order valence-corrected chi connectivity index (χ2v) is 3.69. The van der Waals surface area contributed by atoms with E-state index < -0.39 is 6.17 Å². The van der Waals surface area contributed by atoms with Gasteiger partial charge in [-0.1, -0.05) is 54.6 Å². The SMILES string of the molecule is NCC(F)c1ccc(-c2ccccc2)cc1. The Morgan fingerprint density at radius 2 is 1.44 bits per heavy atom. The van der Waals surface area contributed by atoms with Crippen LogP contribution in [0.4, 0.5) is 4.39 Å². The zero-order chi connectivity index (χ0) is 11.4. The molecule has 0 aliphatic carbocycles. The number of hydrogen-bond acceptors (Lipinski definition) is 1. The Balaban J connectivity index is 2.26. The van der Waals surface area contributed by atoms with E-state index in [-0.39, 0.29) is 6.54 Å². The van der Waals surface area contributed by atoms with E-state index >= 15 is 0 Å². The van der Waals surface area contributed by atoms with Gasteiger partial charge in [-0.2, -0.15) is 0 Å². The van der Waals surface area contributed by atoms with E-state index in [9.17, 15) is 4.39 Å². The summed E-state index contributed by atoms with van der Waals surface area (Å²) in [5.41, 5.74) is 8.15. The molecule has 1 atom stereocenters. The fourth-order valence-corrected chi connectivity index (χ4v) is 1.65. The molecule has 2 heteroatoms. The number of hydrogen-bond donors (Lipinski definition) is 1. The van der Waals surface area contributed by atoms with Crippen LogP contribution in [0.15, 0.2) is 54.6 Å². The van der Waals surface area contributed by atoms with Crippen molar-refractivity contribution in [3.05, 3.63) is 60.2 Å². The van der Waals surface area contributed by atoms with E-state index in [1.807, 2.05) is 42.5 Å². The predicted octanol–water partition coefficient (Wildman–Crippen LogP) is 3.32. The molecule has 1 nitrogen and oxygen atoms in total. The van der Waals surface area contributed by atoms with Crippen LogP contribution >= 0.6 is 0 Å². The van der Waals surface area contributed by atoms with Gasteiger partial charge in [-0.25, -0.2) is 4.39 Å². The lowest BCUT2D eigenvalue weighted by Gasteiger charge is -2.07. The minimum absolute atomic E-state index is 0.0324. The lowest BCUT2D eigenvalue weighted by molar-refractivity contribution is 0.353. The van der Waals surface area contributed by atoms with Crippen molar-refractivity contribution in [2.24, 2.45) is 5.73 Å². The standard InChI is InChI=1S/C14H14FN/c15-14(10-16)13-8-6-12(7-9-13)11-4-2-1-3-5-11/h1-9,14H,10,16H2. The highest BCUT2D eigenvalue weighted by molar-refractivity contribution is 5.63. The maximum atomic E-state index is 13.3. The highest BCUT2D eigenvalue weighted by Crippen LogP contribution is 2.22. The van der Waals surface area contributed by atoms with Crippen LogP contribution in [0, 0.1) is 0 Å². The van der Waals surface area contributed by atoms with Crippen molar-refractivity contribution in [3.8, 4) is 11.1 Å². The second kappa shape index (κ2) is 4.90. The zero-order valence-corrected chi connectivity index (χ0v) is 8.94.